The molecular weight excluding hydrogens is 383 g/mol. The fourth-order valence-corrected chi connectivity index (χ4v) is 5.06. The van der Waals surface area contributed by atoms with E-state index in [0.717, 1.165) is 18.8 Å². The van der Waals surface area contributed by atoms with Gasteiger partial charge in [0.05, 0.1) is 6.61 Å². The Morgan fingerprint density at radius 1 is 0.909 bits per heavy atom. The largest absolute Gasteiger partial charge is 0.494 e. The summed E-state index contributed by atoms with van der Waals surface area (Å²) in [5.41, 5.74) is 4.23. The third kappa shape index (κ3) is 5.01. The van der Waals surface area contributed by atoms with Crippen LogP contribution in [0.2, 0.25) is 0 Å². The number of benzene rings is 2. The second-order valence-corrected chi connectivity index (χ2v) is 8.68. The van der Waals surface area contributed by atoms with Gasteiger partial charge < -0.3 is 4.74 Å². The van der Waals surface area contributed by atoms with E-state index in [0.29, 0.717) is 0 Å². The lowest BCUT2D eigenvalue weighted by Crippen LogP contribution is -3.62. The molecule has 0 aliphatic rings. The van der Waals surface area contributed by atoms with Gasteiger partial charge in [0.1, 0.15) is 5.75 Å². The third-order valence-corrected chi connectivity index (χ3v) is 7.20. The molecule has 2 aromatic carbocycles. The van der Waals surface area contributed by atoms with Gasteiger partial charge in [-0.25, -0.2) is 0 Å². The van der Waals surface area contributed by atoms with Crippen LogP contribution in [-0.2, 0) is 0 Å². The number of hydrogen-bond acceptors (Lipinski definition) is 1. The molecule has 2 rings (SSSR count). The van der Waals surface area contributed by atoms with Crippen LogP contribution in [0.1, 0.15) is 42.9 Å². The Hall–Kier alpha value is -1.03. The van der Waals surface area contributed by atoms with E-state index in [9.17, 15) is 0 Å². The predicted octanol–water partition coefficient (Wildman–Crippen LogP) is 2.31. The predicted molar refractivity (Wildman–Crippen MR) is 89.5 cm³/mol. The summed E-state index contributed by atoms with van der Waals surface area (Å²) in [6.45, 7) is 9.69. The Morgan fingerprint density at radius 2 is 1.55 bits per heavy atom. The maximum atomic E-state index is 5.79. The summed E-state index contributed by atoms with van der Waals surface area (Å²) in [5, 5.41) is 0. The molecule has 1 nitrogen and oxygen atoms in total. The maximum absolute atomic E-state index is 5.79. The SMILES string of the molecule is CCCCCOc1ccc([I+]c2c(C)cc(C)cc2C)cc1. The summed E-state index contributed by atoms with van der Waals surface area (Å²) < 4.78 is 8.80. The Bertz CT molecular complexity index is 579. The quantitative estimate of drug-likeness (QED) is 0.504. The zero-order valence-electron chi connectivity index (χ0n) is 14.1. The Morgan fingerprint density at radius 3 is 2.14 bits per heavy atom. The molecule has 0 spiro atoms. The van der Waals surface area contributed by atoms with Crippen molar-refractivity contribution < 1.29 is 25.9 Å². The molecule has 0 radical (unpaired) electrons. The number of aryl methyl sites for hydroxylation is 3. The maximum Gasteiger partial charge on any atom is 0.358 e. The second kappa shape index (κ2) is 8.56. The van der Waals surface area contributed by atoms with Crippen LogP contribution in [0.4, 0.5) is 0 Å². The number of unbranched alkanes of at least 4 members (excludes halogenated alkanes) is 2. The van der Waals surface area contributed by atoms with Crippen LogP contribution >= 0.6 is 0 Å². The van der Waals surface area contributed by atoms with Crippen LogP contribution < -0.4 is 25.9 Å². The first-order valence-corrected chi connectivity index (χ1v) is 10.2. The lowest BCUT2D eigenvalue weighted by molar-refractivity contribution is -0.598. The number of halogens is 1. The van der Waals surface area contributed by atoms with E-state index in [1.54, 1.807) is 3.57 Å². The molecule has 0 atom stereocenters. The van der Waals surface area contributed by atoms with Crippen molar-refractivity contribution in [3.05, 3.63) is 60.2 Å². The van der Waals surface area contributed by atoms with Crippen molar-refractivity contribution in [1.29, 1.82) is 0 Å². The first-order chi connectivity index (χ1) is 10.6. The average molecular weight is 409 g/mol. The zero-order valence-corrected chi connectivity index (χ0v) is 16.2. The van der Waals surface area contributed by atoms with Crippen LogP contribution in [0.15, 0.2) is 36.4 Å². The van der Waals surface area contributed by atoms with E-state index in [4.69, 9.17) is 4.74 Å². The molecule has 2 heteroatoms. The summed E-state index contributed by atoms with van der Waals surface area (Å²) in [7, 11) is 0. The van der Waals surface area contributed by atoms with Crippen molar-refractivity contribution in [2.24, 2.45) is 0 Å². The molecule has 0 saturated carbocycles. The molecule has 0 fully saturated rings. The molecule has 0 N–H and O–H groups in total. The van der Waals surface area contributed by atoms with Gasteiger partial charge in [-0.1, -0.05) is 37.5 Å². The van der Waals surface area contributed by atoms with E-state index < -0.39 is 0 Å². The van der Waals surface area contributed by atoms with Gasteiger partial charge >= 0.3 is 21.2 Å². The molecule has 22 heavy (non-hydrogen) atoms. The van der Waals surface area contributed by atoms with Gasteiger partial charge in [0.15, 0.2) is 7.14 Å². The Balaban J connectivity index is 1.99. The summed E-state index contributed by atoms with van der Waals surface area (Å²) in [6.07, 6.45) is 3.63. The minimum Gasteiger partial charge on any atom is -0.494 e. The van der Waals surface area contributed by atoms with Crippen molar-refractivity contribution in [1.82, 2.24) is 0 Å². The van der Waals surface area contributed by atoms with Crippen molar-refractivity contribution in [2.75, 3.05) is 6.61 Å². The van der Waals surface area contributed by atoms with Crippen LogP contribution in [0.3, 0.4) is 0 Å². The molecular formula is C20H26IO+. The summed E-state index contributed by atoms with van der Waals surface area (Å²) in [5.74, 6) is 1.00. The topological polar surface area (TPSA) is 9.23 Å². The molecule has 0 bridgehead atoms. The Labute approximate surface area is 145 Å². The minimum atomic E-state index is -0.115. The van der Waals surface area contributed by atoms with Gasteiger partial charge in [0, 0.05) is 11.1 Å². The van der Waals surface area contributed by atoms with Crippen LogP contribution in [0, 0.1) is 27.9 Å². The molecule has 0 heterocycles. The first kappa shape index (κ1) is 17.3. The number of rotatable bonds is 7. The highest BCUT2D eigenvalue weighted by Gasteiger charge is 2.21. The molecule has 0 aliphatic carbocycles. The first-order valence-electron chi connectivity index (χ1n) is 8.05. The summed E-state index contributed by atoms with van der Waals surface area (Å²) >= 11 is -0.115. The second-order valence-electron chi connectivity index (χ2n) is 5.82. The van der Waals surface area contributed by atoms with Crippen molar-refractivity contribution in [3.8, 4) is 5.75 Å². The molecule has 0 amide bonds. The van der Waals surface area contributed by atoms with Crippen LogP contribution in [-0.4, -0.2) is 6.61 Å². The van der Waals surface area contributed by atoms with Gasteiger partial charge in [0.25, 0.3) is 0 Å². The van der Waals surface area contributed by atoms with Gasteiger partial charge in [-0.15, -0.1) is 0 Å². The zero-order chi connectivity index (χ0) is 15.9. The highest BCUT2D eigenvalue weighted by atomic mass is 127. The van der Waals surface area contributed by atoms with E-state index >= 15 is 0 Å². The lowest BCUT2D eigenvalue weighted by atomic mass is 10.1. The van der Waals surface area contributed by atoms with Crippen molar-refractivity contribution in [3.63, 3.8) is 0 Å². The molecule has 0 unspecified atom stereocenters. The Kier molecular flexibility index (Phi) is 6.74. The van der Waals surface area contributed by atoms with E-state index in [1.165, 1.54) is 33.1 Å². The molecule has 2 aromatic rings. The van der Waals surface area contributed by atoms with Gasteiger partial charge in [-0.3, -0.25) is 0 Å². The number of hydrogen-bond donors (Lipinski definition) is 0. The molecule has 118 valence electrons. The van der Waals surface area contributed by atoms with Crippen LogP contribution in [0.25, 0.3) is 0 Å². The normalized spacial score (nSPS) is 10.7. The highest BCUT2D eigenvalue weighted by Crippen LogP contribution is 2.10. The molecule has 0 aliphatic heterocycles. The summed E-state index contributed by atoms with van der Waals surface area (Å²) in [6, 6.07) is 13.3. The molecule has 0 saturated heterocycles. The van der Waals surface area contributed by atoms with Crippen LogP contribution in [0.5, 0.6) is 5.75 Å². The minimum absolute atomic E-state index is 0.115. The highest BCUT2D eigenvalue weighted by molar-refractivity contribution is 5.27. The monoisotopic (exact) mass is 409 g/mol. The fourth-order valence-electron chi connectivity index (χ4n) is 2.56. The standard InChI is InChI=1S/C20H26IO/c1-5-6-7-12-22-19-10-8-18(9-11-19)21-20-16(3)13-15(2)14-17(20)4/h8-11,13-14H,5-7,12H2,1-4H3/q+1. The van der Waals surface area contributed by atoms with Crippen molar-refractivity contribution >= 4 is 0 Å². The smallest absolute Gasteiger partial charge is 0.358 e. The van der Waals surface area contributed by atoms with Gasteiger partial charge in [-0.05, 0) is 51.5 Å². The lowest BCUT2D eigenvalue weighted by Gasteiger charge is -2.05. The number of ether oxygens (including phenoxy) is 1. The van der Waals surface area contributed by atoms with E-state index in [2.05, 4.69) is 64.1 Å². The summed E-state index contributed by atoms with van der Waals surface area (Å²) in [4.78, 5) is 0. The fraction of sp³-hybridized carbons (Fsp3) is 0.400. The third-order valence-electron chi connectivity index (χ3n) is 3.61. The van der Waals surface area contributed by atoms with E-state index in [1.807, 2.05) is 0 Å². The van der Waals surface area contributed by atoms with Gasteiger partial charge in [-0.2, -0.15) is 0 Å². The van der Waals surface area contributed by atoms with E-state index in [-0.39, 0.29) is 21.2 Å². The van der Waals surface area contributed by atoms with Crippen molar-refractivity contribution in [2.45, 2.75) is 47.0 Å². The van der Waals surface area contributed by atoms with Gasteiger partial charge in [0.2, 0.25) is 0 Å². The average Bonchev–Trinajstić information content (AvgIpc) is 2.49. The molecule has 0 aromatic heterocycles.